The number of piperidine rings is 3. The molecule has 3 aliphatic heterocycles. The fourth-order valence-electron chi connectivity index (χ4n) is 5.08. The van der Waals surface area contributed by atoms with Crippen LogP contribution in [0.25, 0.3) is 0 Å². The lowest BCUT2D eigenvalue weighted by Crippen LogP contribution is -2.39. The van der Waals surface area contributed by atoms with E-state index in [1.807, 2.05) is 0 Å². The van der Waals surface area contributed by atoms with E-state index in [-0.39, 0.29) is 12.5 Å². The number of likely N-dealkylation sites (tertiary alicyclic amines) is 3. The van der Waals surface area contributed by atoms with Gasteiger partial charge in [0.25, 0.3) is 0 Å². The molecule has 3 heterocycles. The van der Waals surface area contributed by atoms with Crippen LogP contribution in [0.2, 0.25) is 0 Å². The maximum absolute atomic E-state index is 10.5. The molecule has 2 N–H and O–H groups in total. The normalized spacial score (nSPS) is 24.3. The summed E-state index contributed by atoms with van der Waals surface area (Å²) in [6.45, 7) is 25.6. The summed E-state index contributed by atoms with van der Waals surface area (Å²) in [5.41, 5.74) is 0. The molecule has 1 atom stereocenters. The summed E-state index contributed by atoms with van der Waals surface area (Å²) in [4.78, 5) is 24.6. The Morgan fingerprint density at radius 1 is 0.714 bits per heavy atom. The van der Waals surface area contributed by atoms with Crippen LogP contribution in [0, 0.1) is 17.8 Å². The second-order valence-corrected chi connectivity index (χ2v) is 13.2. The van der Waals surface area contributed by atoms with Crippen molar-refractivity contribution in [3.63, 3.8) is 0 Å². The summed E-state index contributed by atoms with van der Waals surface area (Å²) >= 11 is 0. The zero-order valence-corrected chi connectivity index (χ0v) is 25.1. The van der Waals surface area contributed by atoms with Crippen molar-refractivity contribution in [1.82, 2.24) is 14.7 Å². The zero-order valence-electron chi connectivity index (χ0n) is 24.2. The summed E-state index contributed by atoms with van der Waals surface area (Å²) in [6, 6.07) is 2.06. The standard InChI is InChI=1S/C9H20NO4P.2C9H19N/c1-8(2)10-5-3-9(4-6-10)7-14-15(11,12)13;1-8(2)10-6-4-9(3)5-7-10;1-8(2)10-6-4-5-9(3)7-10/h8-9H,3-7H2,1-2H3,(H2,11,12,13);2*8-9H,4-7H2,1-3H3. The number of rotatable bonds is 6. The van der Waals surface area contributed by atoms with Crippen molar-refractivity contribution >= 4 is 7.82 Å². The highest BCUT2D eigenvalue weighted by molar-refractivity contribution is 7.46. The third kappa shape index (κ3) is 15.1. The molecule has 7 nitrogen and oxygen atoms in total. The molecule has 0 bridgehead atoms. The van der Waals surface area contributed by atoms with Crippen molar-refractivity contribution in [3.8, 4) is 0 Å². The Balaban J connectivity index is 0.000000271. The number of hydrogen-bond donors (Lipinski definition) is 2. The van der Waals surface area contributed by atoms with E-state index >= 15 is 0 Å². The van der Waals surface area contributed by atoms with Crippen molar-refractivity contribution < 1.29 is 18.9 Å². The van der Waals surface area contributed by atoms with Crippen molar-refractivity contribution in [3.05, 3.63) is 0 Å². The van der Waals surface area contributed by atoms with Crippen LogP contribution in [0.4, 0.5) is 0 Å². The van der Waals surface area contributed by atoms with Gasteiger partial charge in [-0.25, -0.2) is 4.57 Å². The summed E-state index contributed by atoms with van der Waals surface area (Å²) < 4.78 is 15.0. The summed E-state index contributed by atoms with van der Waals surface area (Å²) in [7, 11) is -4.28. The van der Waals surface area contributed by atoms with Crippen LogP contribution in [0.5, 0.6) is 0 Å². The van der Waals surface area contributed by atoms with Crippen molar-refractivity contribution in [2.75, 3.05) is 45.9 Å². The minimum Gasteiger partial charge on any atom is -0.303 e. The van der Waals surface area contributed by atoms with Crippen LogP contribution in [0.3, 0.4) is 0 Å². The minimum atomic E-state index is -4.28. The molecule has 3 aliphatic rings. The van der Waals surface area contributed by atoms with E-state index in [2.05, 4.69) is 74.6 Å². The average molecular weight is 520 g/mol. The van der Waals surface area contributed by atoms with Crippen molar-refractivity contribution in [2.24, 2.45) is 17.8 Å². The van der Waals surface area contributed by atoms with Gasteiger partial charge in [0, 0.05) is 24.7 Å². The molecule has 0 radical (unpaired) electrons. The van der Waals surface area contributed by atoms with E-state index in [4.69, 9.17) is 9.79 Å². The van der Waals surface area contributed by atoms with E-state index in [1.54, 1.807) is 0 Å². The van der Waals surface area contributed by atoms with Gasteiger partial charge in [-0.3, -0.25) is 4.52 Å². The van der Waals surface area contributed by atoms with Gasteiger partial charge in [0.2, 0.25) is 0 Å². The molecule has 3 fully saturated rings. The average Bonchev–Trinajstić information content (AvgIpc) is 2.78. The first kappa shape index (κ1) is 33.0. The molecule has 0 aromatic heterocycles. The van der Waals surface area contributed by atoms with Crippen LogP contribution >= 0.6 is 7.82 Å². The van der Waals surface area contributed by atoms with E-state index < -0.39 is 7.82 Å². The van der Waals surface area contributed by atoms with Gasteiger partial charge in [-0.05, 0) is 131 Å². The van der Waals surface area contributed by atoms with Crippen LogP contribution in [-0.2, 0) is 9.09 Å². The minimum absolute atomic E-state index is 0.177. The van der Waals surface area contributed by atoms with Gasteiger partial charge < -0.3 is 24.5 Å². The molecule has 0 saturated carbocycles. The molecule has 0 amide bonds. The second-order valence-electron chi connectivity index (χ2n) is 12.0. The zero-order chi connectivity index (χ0) is 26.6. The van der Waals surface area contributed by atoms with Gasteiger partial charge in [0.15, 0.2) is 0 Å². The SMILES string of the molecule is CC(C)N1CCC(COP(=O)(O)O)CC1.CC1CCCN(C(C)C)C1.CC1CCN(C(C)C)CC1. The highest BCUT2D eigenvalue weighted by atomic mass is 31.2. The maximum Gasteiger partial charge on any atom is 0.469 e. The third-order valence-electron chi connectivity index (χ3n) is 7.83. The lowest BCUT2D eigenvalue weighted by molar-refractivity contribution is 0.102. The Kier molecular flexibility index (Phi) is 15.8. The van der Waals surface area contributed by atoms with E-state index in [9.17, 15) is 4.57 Å². The van der Waals surface area contributed by atoms with E-state index in [0.29, 0.717) is 6.04 Å². The van der Waals surface area contributed by atoms with Crippen molar-refractivity contribution in [2.45, 2.75) is 112 Å². The van der Waals surface area contributed by atoms with E-state index in [0.717, 1.165) is 49.9 Å². The molecule has 35 heavy (non-hydrogen) atoms. The van der Waals surface area contributed by atoms with Crippen LogP contribution in [0.1, 0.15) is 93.9 Å². The van der Waals surface area contributed by atoms with Gasteiger partial charge in [0.05, 0.1) is 6.61 Å². The van der Waals surface area contributed by atoms with Gasteiger partial charge in [-0.2, -0.15) is 0 Å². The van der Waals surface area contributed by atoms with Crippen LogP contribution in [0.15, 0.2) is 0 Å². The lowest BCUT2D eigenvalue weighted by Gasteiger charge is -2.34. The molecule has 8 heteroatoms. The van der Waals surface area contributed by atoms with Gasteiger partial charge in [0.1, 0.15) is 0 Å². The first-order chi connectivity index (χ1) is 16.3. The lowest BCUT2D eigenvalue weighted by atomic mass is 9.97. The molecular weight excluding hydrogens is 461 g/mol. The molecule has 3 saturated heterocycles. The third-order valence-corrected chi connectivity index (χ3v) is 8.31. The Hall–Kier alpha value is -0.0100. The monoisotopic (exact) mass is 519 g/mol. The highest BCUT2D eigenvalue weighted by Gasteiger charge is 2.24. The molecule has 0 spiro atoms. The number of phosphoric ester groups is 1. The predicted octanol–water partition coefficient (Wildman–Crippen LogP) is 5.47. The second kappa shape index (κ2) is 16.8. The predicted molar refractivity (Wildman–Crippen MR) is 148 cm³/mol. The Morgan fingerprint density at radius 3 is 1.54 bits per heavy atom. The molecule has 0 aromatic carbocycles. The van der Waals surface area contributed by atoms with Crippen LogP contribution in [-0.4, -0.2) is 88.5 Å². The number of hydrogen-bond acceptors (Lipinski definition) is 5. The summed E-state index contributed by atoms with van der Waals surface area (Å²) in [5, 5.41) is 0. The fourth-order valence-corrected chi connectivity index (χ4v) is 5.48. The summed E-state index contributed by atoms with van der Waals surface area (Å²) in [6.07, 6.45) is 7.55. The quantitative estimate of drug-likeness (QED) is 0.451. The highest BCUT2D eigenvalue weighted by Crippen LogP contribution is 2.37. The topological polar surface area (TPSA) is 76.5 Å². The molecule has 1 unspecified atom stereocenters. The largest absolute Gasteiger partial charge is 0.469 e. The van der Waals surface area contributed by atoms with E-state index in [1.165, 1.54) is 51.9 Å². The molecular formula is C27H58N3O4P. The van der Waals surface area contributed by atoms with Crippen LogP contribution < -0.4 is 0 Å². The van der Waals surface area contributed by atoms with Crippen molar-refractivity contribution in [1.29, 1.82) is 0 Å². The van der Waals surface area contributed by atoms with Gasteiger partial charge >= 0.3 is 7.82 Å². The van der Waals surface area contributed by atoms with Gasteiger partial charge in [-0.15, -0.1) is 0 Å². The molecule has 0 aliphatic carbocycles. The maximum atomic E-state index is 10.5. The number of nitrogens with zero attached hydrogens (tertiary/aromatic N) is 3. The molecule has 3 rings (SSSR count). The number of phosphoric acid groups is 1. The Morgan fingerprint density at radius 2 is 1.17 bits per heavy atom. The first-order valence-corrected chi connectivity index (χ1v) is 15.7. The summed E-state index contributed by atoms with van der Waals surface area (Å²) in [5.74, 6) is 2.18. The smallest absolute Gasteiger partial charge is 0.303 e. The fraction of sp³-hybridized carbons (Fsp3) is 1.00. The molecule has 0 aromatic rings. The Bertz CT molecular complexity index is 583. The first-order valence-electron chi connectivity index (χ1n) is 14.2. The molecule has 210 valence electrons. The Labute approximate surface area is 217 Å². The van der Waals surface area contributed by atoms with Gasteiger partial charge in [-0.1, -0.05) is 13.8 Å².